The number of carbonyl (C=O) groups excluding carboxylic acids is 2. The van der Waals surface area contributed by atoms with E-state index in [1.54, 1.807) is 0 Å². The summed E-state index contributed by atoms with van der Waals surface area (Å²) in [5.74, 6) is -1.96. The summed E-state index contributed by atoms with van der Waals surface area (Å²) in [5, 5.41) is 0. The van der Waals surface area contributed by atoms with Crippen molar-refractivity contribution in [2.45, 2.75) is 6.92 Å². The molecule has 0 saturated carbocycles. The van der Waals surface area contributed by atoms with E-state index in [2.05, 4.69) is 4.74 Å². The maximum absolute atomic E-state index is 13.2. The van der Waals surface area contributed by atoms with Gasteiger partial charge in [0.15, 0.2) is 5.78 Å². The summed E-state index contributed by atoms with van der Waals surface area (Å²) < 4.78 is 17.6. The number of benzene rings is 1. The van der Waals surface area contributed by atoms with Crippen LogP contribution in [-0.2, 0) is 4.74 Å². The van der Waals surface area contributed by atoms with Gasteiger partial charge in [0, 0.05) is 5.56 Å². The van der Waals surface area contributed by atoms with E-state index in [4.69, 9.17) is 0 Å². The van der Waals surface area contributed by atoms with Gasteiger partial charge in [-0.3, -0.25) is 4.79 Å². The van der Waals surface area contributed by atoms with E-state index in [0.717, 1.165) is 13.2 Å². The van der Waals surface area contributed by atoms with Crippen LogP contribution >= 0.6 is 0 Å². The second kappa shape index (κ2) is 4.00. The molecule has 0 saturated heterocycles. The van der Waals surface area contributed by atoms with Gasteiger partial charge in [-0.25, -0.2) is 9.18 Å². The largest absolute Gasteiger partial charge is 0.465 e. The maximum atomic E-state index is 13.2. The van der Waals surface area contributed by atoms with E-state index >= 15 is 0 Å². The molecule has 1 aromatic rings. The average molecular weight is 196 g/mol. The Morgan fingerprint density at radius 2 is 2.00 bits per heavy atom. The normalized spacial score (nSPS) is 9.64. The van der Waals surface area contributed by atoms with Crippen LogP contribution in [0.1, 0.15) is 27.6 Å². The van der Waals surface area contributed by atoms with Crippen molar-refractivity contribution >= 4 is 11.8 Å². The van der Waals surface area contributed by atoms with Gasteiger partial charge in [-0.2, -0.15) is 0 Å². The highest BCUT2D eigenvalue weighted by Crippen LogP contribution is 2.15. The predicted octanol–water partition coefficient (Wildman–Crippen LogP) is 1.81. The number of ketones is 1. The maximum Gasteiger partial charge on any atom is 0.341 e. The first-order chi connectivity index (χ1) is 6.57. The lowest BCUT2D eigenvalue weighted by Gasteiger charge is -2.05. The molecule has 0 fully saturated rings. The van der Waals surface area contributed by atoms with Gasteiger partial charge in [0.05, 0.1) is 7.11 Å². The molecule has 0 N–H and O–H groups in total. The number of ether oxygens (including phenoxy) is 1. The highest BCUT2D eigenvalue weighted by molar-refractivity contribution is 6.05. The van der Waals surface area contributed by atoms with Crippen molar-refractivity contribution in [1.29, 1.82) is 0 Å². The number of halogens is 1. The fraction of sp³-hybridized carbons (Fsp3) is 0.200. The number of hydrogen-bond acceptors (Lipinski definition) is 3. The van der Waals surface area contributed by atoms with Crippen molar-refractivity contribution in [2.24, 2.45) is 0 Å². The second-order valence-electron chi connectivity index (χ2n) is 2.71. The molecule has 0 amide bonds. The molecular weight excluding hydrogens is 187 g/mol. The van der Waals surface area contributed by atoms with Crippen molar-refractivity contribution in [2.75, 3.05) is 7.11 Å². The molecule has 0 aliphatic carbocycles. The number of rotatable bonds is 2. The first-order valence-electron chi connectivity index (χ1n) is 3.95. The summed E-state index contributed by atoms with van der Waals surface area (Å²) in [6.45, 7) is 1.27. The highest BCUT2D eigenvalue weighted by atomic mass is 19.1. The van der Waals surface area contributed by atoms with Gasteiger partial charge in [0.2, 0.25) is 0 Å². The van der Waals surface area contributed by atoms with Gasteiger partial charge in [-0.1, -0.05) is 12.1 Å². The van der Waals surface area contributed by atoms with Gasteiger partial charge < -0.3 is 4.74 Å². The monoisotopic (exact) mass is 196 g/mol. The summed E-state index contributed by atoms with van der Waals surface area (Å²) in [4.78, 5) is 22.2. The molecule has 1 aromatic carbocycles. The predicted molar refractivity (Wildman–Crippen MR) is 47.7 cm³/mol. The molecule has 14 heavy (non-hydrogen) atoms. The van der Waals surface area contributed by atoms with Crippen molar-refractivity contribution in [3.8, 4) is 0 Å². The minimum absolute atomic E-state index is 0.0388. The van der Waals surface area contributed by atoms with E-state index in [0.29, 0.717) is 0 Å². The Labute approximate surface area is 80.5 Å². The van der Waals surface area contributed by atoms with Gasteiger partial charge in [0.1, 0.15) is 11.4 Å². The molecule has 74 valence electrons. The minimum Gasteiger partial charge on any atom is -0.465 e. The van der Waals surface area contributed by atoms with Crippen LogP contribution in [0.15, 0.2) is 18.2 Å². The molecule has 1 rings (SSSR count). The zero-order chi connectivity index (χ0) is 10.7. The van der Waals surface area contributed by atoms with Crippen molar-refractivity contribution in [3.05, 3.63) is 35.1 Å². The zero-order valence-electron chi connectivity index (χ0n) is 7.83. The van der Waals surface area contributed by atoms with E-state index in [-0.39, 0.29) is 16.9 Å². The lowest BCUT2D eigenvalue weighted by Crippen LogP contribution is -2.11. The number of carbonyl (C=O) groups is 2. The first kappa shape index (κ1) is 10.4. The number of esters is 1. The summed E-state index contributed by atoms with van der Waals surface area (Å²) in [6.07, 6.45) is 0. The lowest BCUT2D eigenvalue weighted by molar-refractivity contribution is 0.0592. The van der Waals surface area contributed by atoms with E-state index in [9.17, 15) is 14.0 Å². The lowest BCUT2D eigenvalue weighted by atomic mass is 10.0. The summed E-state index contributed by atoms with van der Waals surface area (Å²) in [5.41, 5.74) is -0.264. The highest BCUT2D eigenvalue weighted by Gasteiger charge is 2.19. The van der Waals surface area contributed by atoms with E-state index in [1.165, 1.54) is 19.1 Å². The third-order valence-electron chi connectivity index (χ3n) is 1.78. The average Bonchev–Trinajstić information content (AvgIpc) is 2.16. The van der Waals surface area contributed by atoms with Crippen LogP contribution in [0.25, 0.3) is 0 Å². The Morgan fingerprint density at radius 1 is 1.36 bits per heavy atom. The van der Waals surface area contributed by atoms with Gasteiger partial charge >= 0.3 is 5.97 Å². The molecular formula is C10H9FO3. The second-order valence-corrected chi connectivity index (χ2v) is 2.71. The molecule has 0 heterocycles. The molecule has 0 atom stereocenters. The Kier molecular flexibility index (Phi) is 2.96. The van der Waals surface area contributed by atoms with Crippen molar-refractivity contribution in [3.63, 3.8) is 0 Å². The van der Waals surface area contributed by atoms with Crippen LogP contribution in [-0.4, -0.2) is 18.9 Å². The smallest absolute Gasteiger partial charge is 0.341 e. The molecule has 3 nitrogen and oxygen atoms in total. The Bertz CT molecular complexity index is 385. The SMILES string of the molecule is COC(=O)c1c(F)cccc1C(C)=O. The van der Waals surface area contributed by atoms with E-state index < -0.39 is 11.8 Å². The Morgan fingerprint density at radius 3 is 2.50 bits per heavy atom. The molecule has 0 radical (unpaired) electrons. The van der Waals surface area contributed by atoms with Gasteiger partial charge in [-0.05, 0) is 13.0 Å². The minimum atomic E-state index is -0.840. The molecule has 0 aromatic heterocycles. The van der Waals surface area contributed by atoms with Crippen LogP contribution in [0.4, 0.5) is 4.39 Å². The van der Waals surface area contributed by atoms with Crippen molar-refractivity contribution in [1.82, 2.24) is 0 Å². The fourth-order valence-corrected chi connectivity index (χ4v) is 1.13. The molecule has 0 aliphatic heterocycles. The van der Waals surface area contributed by atoms with E-state index in [1.807, 2.05) is 0 Å². The quantitative estimate of drug-likeness (QED) is 0.535. The summed E-state index contributed by atoms with van der Waals surface area (Å²) in [7, 11) is 1.14. The third-order valence-corrected chi connectivity index (χ3v) is 1.78. The van der Waals surface area contributed by atoms with Crippen LogP contribution in [0, 0.1) is 5.82 Å². The van der Waals surface area contributed by atoms with Crippen LogP contribution < -0.4 is 0 Å². The Hall–Kier alpha value is -1.71. The first-order valence-corrected chi connectivity index (χ1v) is 3.95. The molecule has 0 bridgehead atoms. The number of Topliss-reactive ketones (excluding diaryl/α,β-unsaturated/α-hetero) is 1. The molecule has 0 aliphatic rings. The van der Waals surface area contributed by atoms with Crippen LogP contribution in [0.5, 0.6) is 0 Å². The number of hydrogen-bond donors (Lipinski definition) is 0. The van der Waals surface area contributed by atoms with Crippen LogP contribution in [0.3, 0.4) is 0 Å². The standard InChI is InChI=1S/C10H9FO3/c1-6(12)7-4-3-5-8(11)9(7)10(13)14-2/h3-5H,1-2H3. The molecule has 4 heteroatoms. The van der Waals surface area contributed by atoms with Gasteiger partial charge in [-0.15, -0.1) is 0 Å². The molecule has 0 spiro atoms. The Balaban J connectivity index is 3.36. The van der Waals surface area contributed by atoms with Crippen molar-refractivity contribution < 1.29 is 18.7 Å². The number of methoxy groups -OCH3 is 1. The topological polar surface area (TPSA) is 43.4 Å². The van der Waals surface area contributed by atoms with Crippen LogP contribution in [0.2, 0.25) is 0 Å². The zero-order valence-corrected chi connectivity index (χ0v) is 7.83. The third kappa shape index (κ3) is 1.79. The fourth-order valence-electron chi connectivity index (χ4n) is 1.13. The summed E-state index contributed by atoms with van der Waals surface area (Å²) in [6, 6.07) is 3.87. The van der Waals surface area contributed by atoms with Gasteiger partial charge in [0.25, 0.3) is 0 Å². The molecule has 0 unspecified atom stereocenters. The summed E-state index contributed by atoms with van der Waals surface area (Å²) >= 11 is 0.